The molecular weight excluding hydrogens is 309 g/mol. The number of carbonyl (C=O) groups excluding carboxylic acids is 1. The molecule has 0 aliphatic carbocycles. The first-order chi connectivity index (χ1) is 10.2. The molecule has 4 nitrogen and oxygen atoms in total. The van der Waals surface area contributed by atoms with Gasteiger partial charge in [-0.3, -0.25) is 9.89 Å². The highest BCUT2D eigenvalue weighted by molar-refractivity contribution is 6.31. The van der Waals surface area contributed by atoms with Crippen molar-refractivity contribution in [2.45, 2.75) is 0 Å². The van der Waals surface area contributed by atoms with E-state index < -0.39 is 0 Å². The summed E-state index contributed by atoms with van der Waals surface area (Å²) in [6, 6.07) is 13.0. The van der Waals surface area contributed by atoms with E-state index >= 15 is 0 Å². The number of H-pyrrole nitrogens is 1. The SMILES string of the molecule is O=C(CCl)Nc1ccc(Cl)cc1-c1n[nH]c2ccccc12. The number of hydrogen-bond donors (Lipinski definition) is 2. The van der Waals surface area contributed by atoms with E-state index in [1.54, 1.807) is 18.2 Å². The smallest absolute Gasteiger partial charge is 0.239 e. The van der Waals surface area contributed by atoms with E-state index in [4.69, 9.17) is 23.2 Å². The van der Waals surface area contributed by atoms with E-state index in [9.17, 15) is 4.79 Å². The highest BCUT2D eigenvalue weighted by atomic mass is 35.5. The number of halogens is 2. The van der Waals surface area contributed by atoms with Gasteiger partial charge in [-0.15, -0.1) is 11.6 Å². The number of aromatic nitrogens is 2. The molecule has 0 spiro atoms. The normalized spacial score (nSPS) is 10.8. The van der Waals surface area contributed by atoms with Crippen LogP contribution in [-0.4, -0.2) is 22.0 Å². The summed E-state index contributed by atoms with van der Waals surface area (Å²) in [4.78, 5) is 11.5. The first-order valence-corrected chi connectivity index (χ1v) is 7.19. The zero-order valence-electron chi connectivity index (χ0n) is 10.9. The summed E-state index contributed by atoms with van der Waals surface area (Å²) in [5.74, 6) is -0.385. The maximum atomic E-state index is 11.5. The van der Waals surface area contributed by atoms with Crippen LogP contribution >= 0.6 is 23.2 Å². The number of rotatable bonds is 3. The van der Waals surface area contributed by atoms with Crippen LogP contribution in [0.15, 0.2) is 42.5 Å². The summed E-state index contributed by atoms with van der Waals surface area (Å²) in [5.41, 5.74) is 3.03. The van der Waals surface area contributed by atoms with Crippen molar-refractivity contribution < 1.29 is 4.79 Å². The lowest BCUT2D eigenvalue weighted by Crippen LogP contribution is -2.13. The molecule has 0 saturated heterocycles. The summed E-state index contributed by atoms with van der Waals surface area (Å²) in [6.07, 6.45) is 0. The summed E-state index contributed by atoms with van der Waals surface area (Å²) in [5, 5.41) is 11.6. The fraction of sp³-hybridized carbons (Fsp3) is 0.0667. The van der Waals surface area contributed by atoms with E-state index in [1.165, 1.54) is 0 Å². The van der Waals surface area contributed by atoms with Crippen molar-refractivity contribution in [2.24, 2.45) is 0 Å². The number of hydrogen-bond acceptors (Lipinski definition) is 2. The van der Waals surface area contributed by atoms with Crippen molar-refractivity contribution in [2.75, 3.05) is 11.2 Å². The molecule has 0 bridgehead atoms. The summed E-state index contributed by atoms with van der Waals surface area (Å²) < 4.78 is 0. The highest BCUT2D eigenvalue weighted by Crippen LogP contribution is 2.33. The van der Waals surface area contributed by atoms with E-state index in [1.807, 2.05) is 24.3 Å². The number of nitrogens with zero attached hydrogens (tertiary/aromatic N) is 1. The first kappa shape index (κ1) is 13.9. The van der Waals surface area contributed by atoms with E-state index in [-0.39, 0.29) is 11.8 Å². The average molecular weight is 320 g/mol. The number of amides is 1. The standard InChI is InChI=1S/C15H11Cl2N3O/c16-8-14(21)18-12-6-5-9(17)7-11(12)15-10-3-1-2-4-13(10)19-20-15/h1-7H,8H2,(H,18,21)(H,19,20). The highest BCUT2D eigenvalue weighted by Gasteiger charge is 2.14. The van der Waals surface area contributed by atoms with Crippen molar-refractivity contribution in [3.63, 3.8) is 0 Å². The Hall–Kier alpha value is -2.04. The molecule has 0 fully saturated rings. The molecule has 1 heterocycles. The van der Waals surface area contributed by atoms with Gasteiger partial charge in [0.05, 0.1) is 11.2 Å². The number of para-hydroxylation sites is 1. The lowest BCUT2D eigenvalue weighted by atomic mass is 10.1. The number of alkyl halides is 1. The summed E-state index contributed by atoms with van der Waals surface area (Å²) >= 11 is 11.6. The van der Waals surface area contributed by atoms with E-state index in [0.29, 0.717) is 10.7 Å². The monoisotopic (exact) mass is 319 g/mol. The van der Waals surface area contributed by atoms with Crippen LogP contribution in [0.2, 0.25) is 5.02 Å². The molecule has 1 amide bonds. The number of nitrogens with one attached hydrogen (secondary N) is 2. The van der Waals surface area contributed by atoms with Crippen LogP contribution in [0.5, 0.6) is 0 Å². The van der Waals surface area contributed by atoms with Crippen molar-refractivity contribution in [3.8, 4) is 11.3 Å². The van der Waals surface area contributed by atoms with Gasteiger partial charge in [0, 0.05) is 16.0 Å². The van der Waals surface area contributed by atoms with Gasteiger partial charge in [0.1, 0.15) is 11.6 Å². The maximum absolute atomic E-state index is 11.5. The fourth-order valence-electron chi connectivity index (χ4n) is 2.17. The minimum Gasteiger partial charge on any atom is -0.324 e. The van der Waals surface area contributed by atoms with Gasteiger partial charge >= 0.3 is 0 Å². The minimum absolute atomic E-state index is 0.108. The van der Waals surface area contributed by atoms with Gasteiger partial charge in [0.25, 0.3) is 0 Å². The van der Waals surface area contributed by atoms with Gasteiger partial charge in [-0.25, -0.2) is 0 Å². The molecule has 2 N–H and O–H groups in total. The second-order valence-electron chi connectivity index (χ2n) is 4.49. The third kappa shape index (κ3) is 2.73. The topological polar surface area (TPSA) is 57.8 Å². The van der Waals surface area contributed by atoms with Crippen LogP contribution in [-0.2, 0) is 4.79 Å². The Balaban J connectivity index is 2.16. The van der Waals surface area contributed by atoms with Crippen molar-refractivity contribution in [3.05, 3.63) is 47.5 Å². The molecular formula is C15H11Cl2N3O. The van der Waals surface area contributed by atoms with Crippen molar-refractivity contribution in [1.29, 1.82) is 0 Å². The number of carbonyl (C=O) groups is 1. The van der Waals surface area contributed by atoms with Crippen molar-refractivity contribution in [1.82, 2.24) is 10.2 Å². The molecule has 0 unspecified atom stereocenters. The number of aromatic amines is 1. The first-order valence-electron chi connectivity index (χ1n) is 6.28. The molecule has 1 aromatic heterocycles. The molecule has 21 heavy (non-hydrogen) atoms. The predicted molar refractivity (Wildman–Crippen MR) is 85.9 cm³/mol. The fourth-order valence-corrected chi connectivity index (χ4v) is 2.41. The largest absolute Gasteiger partial charge is 0.324 e. The zero-order chi connectivity index (χ0) is 14.8. The Morgan fingerprint density at radius 3 is 2.86 bits per heavy atom. The lowest BCUT2D eigenvalue weighted by Gasteiger charge is -2.09. The average Bonchev–Trinajstić information content (AvgIpc) is 2.92. The maximum Gasteiger partial charge on any atom is 0.239 e. The molecule has 6 heteroatoms. The third-order valence-corrected chi connectivity index (χ3v) is 3.58. The van der Waals surface area contributed by atoms with Crippen molar-refractivity contribution >= 4 is 45.7 Å². The van der Waals surface area contributed by atoms with Crippen LogP contribution in [0.1, 0.15) is 0 Å². The zero-order valence-corrected chi connectivity index (χ0v) is 12.4. The Kier molecular flexibility index (Phi) is 3.82. The quantitative estimate of drug-likeness (QED) is 0.715. The van der Waals surface area contributed by atoms with Gasteiger partial charge in [0.15, 0.2) is 0 Å². The van der Waals surface area contributed by atoms with Gasteiger partial charge in [-0.1, -0.05) is 29.8 Å². The molecule has 0 saturated carbocycles. The Labute approximate surface area is 131 Å². The minimum atomic E-state index is -0.278. The second-order valence-corrected chi connectivity index (χ2v) is 5.19. The van der Waals surface area contributed by atoms with E-state index in [0.717, 1.165) is 22.2 Å². The molecule has 0 aliphatic heterocycles. The predicted octanol–water partition coefficient (Wildman–Crippen LogP) is 4.06. The van der Waals surface area contributed by atoms with Crippen LogP contribution < -0.4 is 5.32 Å². The molecule has 0 aliphatic rings. The van der Waals surface area contributed by atoms with Crippen LogP contribution in [0.4, 0.5) is 5.69 Å². The number of anilines is 1. The Morgan fingerprint density at radius 2 is 2.05 bits per heavy atom. The second kappa shape index (κ2) is 5.76. The number of fused-ring (bicyclic) bond motifs is 1. The van der Waals surface area contributed by atoms with Gasteiger partial charge < -0.3 is 5.32 Å². The summed E-state index contributed by atoms with van der Waals surface area (Å²) in [7, 11) is 0. The van der Waals surface area contributed by atoms with Crippen LogP contribution in [0, 0.1) is 0 Å². The van der Waals surface area contributed by atoms with Gasteiger partial charge in [-0.2, -0.15) is 5.10 Å². The Morgan fingerprint density at radius 1 is 1.24 bits per heavy atom. The Bertz CT molecular complexity index is 814. The molecule has 106 valence electrons. The lowest BCUT2D eigenvalue weighted by molar-refractivity contribution is -0.113. The third-order valence-electron chi connectivity index (χ3n) is 3.10. The van der Waals surface area contributed by atoms with Crippen LogP contribution in [0.3, 0.4) is 0 Å². The molecule has 0 atom stereocenters. The molecule has 3 rings (SSSR count). The molecule has 0 radical (unpaired) electrons. The molecule has 3 aromatic rings. The van der Waals surface area contributed by atoms with Gasteiger partial charge in [-0.05, 0) is 24.3 Å². The molecule has 2 aromatic carbocycles. The van der Waals surface area contributed by atoms with Gasteiger partial charge in [0.2, 0.25) is 5.91 Å². The summed E-state index contributed by atoms with van der Waals surface area (Å²) in [6.45, 7) is 0. The van der Waals surface area contributed by atoms with Crippen LogP contribution in [0.25, 0.3) is 22.2 Å². The number of benzene rings is 2. The van der Waals surface area contributed by atoms with E-state index in [2.05, 4.69) is 15.5 Å².